The third-order valence-corrected chi connectivity index (χ3v) is 2.46. The lowest BCUT2D eigenvalue weighted by Gasteiger charge is -2.23. The Morgan fingerprint density at radius 3 is 2.39 bits per heavy atom. The van der Waals surface area contributed by atoms with E-state index in [9.17, 15) is 13.2 Å². The molecule has 0 fully saturated rings. The predicted molar refractivity (Wildman–Crippen MR) is 64.7 cm³/mol. The molecule has 1 N–H and O–H groups in total. The van der Waals surface area contributed by atoms with Crippen molar-refractivity contribution in [1.29, 1.82) is 0 Å². The fraction of sp³-hybridized carbons (Fsp3) is 0.636. The minimum atomic E-state index is -4.54. The molecule has 0 unspecified atom stereocenters. The van der Waals surface area contributed by atoms with Crippen LogP contribution in [0.4, 0.5) is 24.8 Å². The standard InChI is InChI=1S/C11H17F3N4/c1-5-15-8-6-9(18(4)7(2)3)17-10(16-8)11(12,13)14/h6-7H,5H2,1-4H3,(H,15,16,17). The first-order valence-corrected chi connectivity index (χ1v) is 5.68. The van der Waals surface area contributed by atoms with E-state index >= 15 is 0 Å². The molecule has 1 aromatic rings. The van der Waals surface area contributed by atoms with Crippen LogP contribution in [-0.2, 0) is 6.18 Å². The third kappa shape index (κ3) is 3.48. The largest absolute Gasteiger partial charge is 0.451 e. The average Bonchev–Trinajstić information content (AvgIpc) is 2.26. The maximum absolute atomic E-state index is 12.7. The van der Waals surface area contributed by atoms with Gasteiger partial charge in [0.15, 0.2) is 0 Å². The first-order valence-electron chi connectivity index (χ1n) is 5.68. The summed E-state index contributed by atoms with van der Waals surface area (Å²) in [5, 5.41) is 2.78. The zero-order valence-electron chi connectivity index (χ0n) is 10.8. The molecule has 0 saturated carbocycles. The summed E-state index contributed by atoms with van der Waals surface area (Å²) in [6.45, 7) is 6.05. The van der Waals surface area contributed by atoms with Crippen LogP contribution in [0.3, 0.4) is 0 Å². The van der Waals surface area contributed by atoms with E-state index in [1.165, 1.54) is 6.07 Å². The molecule has 0 amide bonds. The van der Waals surface area contributed by atoms with E-state index in [0.717, 1.165) is 0 Å². The minimum absolute atomic E-state index is 0.0514. The molecule has 18 heavy (non-hydrogen) atoms. The van der Waals surface area contributed by atoms with Gasteiger partial charge in [0.2, 0.25) is 5.82 Å². The van der Waals surface area contributed by atoms with Gasteiger partial charge in [0.25, 0.3) is 0 Å². The summed E-state index contributed by atoms with van der Waals surface area (Å²) >= 11 is 0. The molecule has 1 rings (SSSR count). The van der Waals surface area contributed by atoms with Crippen LogP contribution in [0, 0.1) is 0 Å². The van der Waals surface area contributed by atoms with Crippen molar-refractivity contribution in [3.8, 4) is 0 Å². The fourth-order valence-corrected chi connectivity index (χ4v) is 1.28. The summed E-state index contributed by atoms with van der Waals surface area (Å²) in [5.74, 6) is -0.686. The highest BCUT2D eigenvalue weighted by atomic mass is 19.4. The van der Waals surface area contributed by atoms with E-state index in [1.54, 1.807) is 18.9 Å². The minimum Gasteiger partial charge on any atom is -0.370 e. The molecule has 0 aliphatic heterocycles. The number of rotatable bonds is 4. The number of hydrogen-bond donors (Lipinski definition) is 1. The Labute approximate surface area is 104 Å². The summed E-state index contributed by atoms with van der Waals surface area (Å²) in [6.07, 6.45) is -4.54. The van der Waals surface area contributed by atoms with Crippen molar-refractivity contribution < 1.29 is 13.2 Å². The summed E-state index contributed by atoms with van der Waals surface area (Å²) in [4.78, 5) is 8.68. The quantitative estimate of drug-likeness (QED) is 0.906. The Morgan fingerprint density at radius 1 is 1.33 bits per heavy atom. The molecule has 1 heterocycles. The summed E-state index contributed by atoms with van der Waals surface area (Å²) in [7, 11) is 1.70. The van der Waals surface area contributed by atoms with Crippen LogP contribution >= 0.6 is 0 Å². The zero-order chi connectivity index (χ0) is 13.9. The SMILES string of the molecule is CCNc1cc(N(C)C(C)C)nc(C(F)(F)F)n1. The van der Waals surface area contributed by atoms with E-state index in [0.29, 0.717) is 6.54 Å². The molecule has 0 saturated heterocycles. The van der Waals surface area contributed by atoms with Gasteiger partial charge in [-0.2, -0.15) is 13.2 Å². The zero-order valence-corrected chi connectivity index (χ0v) is 10.8. The average molecular weight is 262 g/mol. The number of nitrogens with one attached hydrogen (secondary N) is 1. The number of hydrogen-bond acceptors (Lipinski definition) is 4. The second kappa shape index (κ2) is 5.41. The molecule has 0 spiro atoms. The Kier molecular flexibility index (Phi) is 4.37. The van der Waals surface area contributed by atoms with Crippen LogP contribution in [0.25, 0.3) is 0 Å². The lowest BCUT2D eigenvalue weighted by atomic mass is 10.3. The van der Waals surface area contributed by atoms with Crippen LogP contribution in [0.1, 0.15) is 26.6 Å². The van der Waals surface area contributed by atoms with Crippen LogP contribution in [0.15, 0.2) is 6.07 Å². The van der Waals surface area contributed by atoms with Gasteiger partial charge in [-0.25, -0.2) is 9.97 Å². The van der Waals surface area contributed by atoms with Gasteiger partial charge < -0.3 is 10.2 Å². The van der Waals surface area contributed by atoms with Gasteiger partial charge >= 0.3 is 6.18 Å². The predicted octanol–water partition coefficient (Wildman–Crippen LogP) is 2.77. The van der Waals surface area contributed by atoms with Gasteiger partial charge in [-0.05, 0) is 20.8 Å². The van der Waals surface area contributed by atoms with E-state index in [-0.39, 0.29) is 17.7 Å². The van der Waals surface area contributed by atoms with Gasteiger partial charge in [0.1, 0.15) is 11.6 Å². The van der Waals surface area contributed by atoms with E-state index < -0.39 is 12.0 Å². The first-order chi connectivity index (χ1) is 8.25. The number of alkyl halides is 3. The van der Waals surface area contributed by atoms with Crippen LogP contribution < -0.4 is 10.2 Å². The molecular weight excluding hydrogens is 245 g/mol. The monoisotopic (exact) mass is 262 g/mol. The second-order valence-electron chi connectivity index (χ2n) is 4.17. The molecule has 7 heteroatoms. The van der Waals surface area contributed by atoms with Crippen molar-refractivity contribution in [2.75, 3.05) is 23.8 Å². The molecule has 0 aliphatic carbocycles. The maximum atomic E-state index is 12.7. The van der Waals surface area contributed by atoms with Crippen molar-refractivity contribution in [3.63, 3.8) is 0 Å². The fourth-order valence-electron chi connectivity index (χ4n) is 1.28. The Morgan fingerprint density at radius 2 is 1.94 bits per heavy atom. The normalized spacial score (nSPS) is 11.8. The van der Waals surface area contributed by atoms with Crippen molar-refractivity contribution in [1.82, 2.24) is 9.97 Å². The van der Waals surface area contributed by atoms with Crippen molar-refractivity contribution >= 4 is 11.6 Å². The molecule has 102 valence electrons. The highest BCUT2D eigenvalue weighted by Crippen LogP contribution is 2.29. The molecule has 0 aromatic carbocycles. The summed E-state index contributed by atoms with van der Waals surface area (Å²) in [6, 6.07) is 1.56. The molecule has 1 aromatic heterocycles. The van der Waals surface area contributed by atoms with E-state index in [1.807, 2.05) is 13.8 Å². The van der Waals surface area contributed by atoms with Crippen molar-refractivity contribution in [3.05, 3.63) is 11.9 Å². The van der Waals surface area contributed by atoms with Crippen LogP contribution in [-0.4, -0.2) is 29.6 Å². The highest BCUT2D eigenvalue weighted by molar-refractivity contribution is 5.49. The summed E-state index contributed by atoms with van der Waals surface area (Å²) < 4.78 is 38.0. The van der Waals surface area contributed by atoms with Gasteiger partial charge in [0.05, 0.1) is 0 Å². The van der Waals surface area contributed by atoms with Crippen molar-refractivity contribution in [2.24, 2.45) is 0 Å². The van der Waals surface area contributed by atoms with Gasteiger partial charge in [-0.15, -0.1) is 0 Å². The molecule has 0 radical (unpaired) electrons. The molecule has 0 bridgehead atoms. The Hall–Kier alpha value is -1.53. The summed E-state index contributed by atoms with van der Waals surface area (Å²) in [5.41, 5.74) is 0. The smallest absolute Gasteiger partial charge is 0.370 e. The second-order valence-corrected chi connectivity index (χ2v) is 4.17. The maximum Gasteiger partial charge on any atom is 0.451 e. The lowest BCUT2D eigenvalue weighted by Crippen LogP contribution is -2.28. The Bertz CT molecular complexity index is 404. The van der Waals surface area contributed by atoms with Crippen LogP contribution in [0.5, 0.6) is 0 Å². The highest BCUT2D eigenvalue weighted by Gasteiger charge is 2.35. The molecular formula is C11H17F3N4. The van der Waals surface area contributed by atoms with Gasteiger partial charge in [-0.1, -0.05) is 0 Å². The lowest BCUT2D eigenvalue weighted by molar-refractivity contribution is -0.144. The van der Waals surface area contributed by atoms with Gasteiger partial charge in [0, 0.05) is 25.7 Å². The topological polar surface area (TPSA) is 41.0 Å². The Balaban J connectivity index is 3.22. The number of halogens is 3. The number of aromatic nitrogens is 2. The number of nitrogens with zero attached hydrogens (tertiary/aromatic N) is 3. The van der Waals surface area contributed by atoms with Crippen molar-refractivity contribution in [2.45, 2.75) is 33.0 Å². The number of anilines is 2. The third-order valence-electron chi connectivity index (χ3n) is 2.46. The molecule has 0 atom stereocenters. The molecule has 0 aliphatic rings. The molecule has 4 nitrogen and oxygen atoms in total. The van der Waals surface area contributed by atoms with E-state index in [4.69, 9.17) is 0 Å². The van der Waals surface area contributed by atoms with Crippen LogP contribution in [0.2, 0.25) is 0 Å². The first kappa shape index (κ1) is 14.5. The van der Waals surface area contributed by atoms with E-state index in [2.05, 4.69) is 15.3 Å². The van der Waals surface area contributed by atoms with Gasteiger partial charge in [-0.3, -0.25) is 0 Å².